The molecule has 0 unspecified atom stereocenters. The highest BCUT2D eigenvalue weighted by atomic mass is 16.5. The molecule has 0 aliphatic rings. The fraction of sp³-hybridized carbons (Fsp3) is 0.214. The molecule has 1 aromatic heterocycles. The molecule has 0 saturated carbocycles. The van der Waals surface area contributed by atoms with Crippen molar-refractivity contribution in [2.45, 2.75) is 0 Å². The van der Waals surface area contributed by atoms with Crippen LogP contribution in [-0.4, -0.2) is 25.3 Å². The van der Waals surface area contributed by atoms with Crippen LogP contribution in [0.3, 0.4) is 0 Å². The van der Waals surface area contributed by atoms with Crippen LogP contribution in [0.1, 0.15) is 0 Å². The van der Waals surface area contributed by atoms with Crippen LogP contribution >= 0.6 is 0 Å². The highest BCUT2D eigenvalue weighted by Gasteiger charge is 2.00. The van der Waals surface area contributed by atoms with E-state index in [0.29, 0.717) is 24.8 Å². The highest BCUT2D eigenvalue weighted by Crippen LogP contribution is 2.18. The van der Waals surface area contributed by atoms with Gasteiger partial charge in [-0.15, -0.1) is 0 Å². The summed E-state index contributed by atoms with van der Waals surface area (Å²) in [6.45, 7) is 0.836. The lowest BCUT2D eigenvalue weighted by molar-refractivity contribution is 0.217. The molecule has 2 aromatic rings. The van der Waals surface area contributed by atoms with Crippen molar-refractivity contribution in [2.24, 2.45) is 0 Å². The molecule has 5 heteroatoms. The van der Waals surface area contributed by atoms with Crippen LogP contribution in [0, 0.1) is 0 Å². The molecule has 100 valence electrons. The molecule has 0 amide bonds. The quantitative estimate of drug-likeness (QED) is 0.806. The third-order valence-corrected chi connectivity index (χ3v) is 2.47. The zero-order valence-electron chi connectivity index (χ0n) is 10.7. The average Bonchev–Trinajstić information content (AvgIpc) is 2.46. The van der Waals surface area contributed by atoms with Crippen molar-refractivity contribution in [3.8, 4) is 17.2 Å². The van der Waals surface area contributed by atoms with Crippen LogP contribution < -0.4 is 19.9 Å². The molecule has 0 aliphatic carbocycles. The SMILES string of the molecule is COc1ccc(OCCOc2cccnc2N)cc1. The minimum absolute atomic E-state index is 0.381. The van der Waals surface area contributed by atoms with Crippen LogP contribution in [0.2, 0.25) is 0 Å². The first-order valence-corrected chi connectivity index (χ1v) is 5.90. The van der Waals surface area contributed by atoms with Crippen molar-refractivity contribution >= 4 is 5.82 Å². The molecule has 2 rings (SSSR count). The topological polar surface area (TPSA) is 66.6 Å². The number of nitrogens with zero attached hydrogens (tertiary/aromatic N) is 1. The smallest absolute Gasteiger partial charge is 0.166 e. The van der Waals surface area contributed by atoms with Crippen molar-refractivity contribution < 1.29 is 14.2 Å². The number of anilines is 1. The summed E-state index contributed by atoms with van der Waals surface area (Å²) in [5, 5.41) is 0. The Bertz CT molecular complexity index is 514. The Kier molecular flexibility index (Phi) is 4.44. The lowest BCUT2D eigenvalue weighted by Crippen LogP contribution is -2.10. The summed E-state index contributed by atoms with van der Waals surface area (Å²) >= 11 is 0. The molecule has 0 radical (unpaired) electrons. The van der Waals surface area contributed by atoms with E-state index in [1.807, 2.05) is 24.3 Å². The number of aromatic nitrogens is 1. The fourth-order valence-corrected chi connectivity index (χ4v) is 1.51. The van der Waals surface area contributed by atoms with E-state index in [2.05, 4.69) is 4.98 Å². The van der Waals surface area contributed by atoms with Gasteiger partial charge in [-0.05, 0) is 36.4 Å². The van der Waals surface area contributed by atoms with Gasteiger partial charge in [0.05, 0.1) is 7.11 Å². The molecular weight excluding hydrogens is 244 g/mol. The molecule has 2 N–H and O–H groups in total. The van der Waals surface area contributed by atoms with Gasteiger partial charge in [0.25, 0.3) is 0 Å². The second-order valence-electron chi connectivity index (χ2n) is 3.76. The third-order valence-electron chi connectivity index (χ3n) is 2.47. The molecular formula is C14H16N2O3. The first-order chi connectivity index (χ1) is 9.29. The molecule has 1 aromatic carbocycles. The van der Waals surface area contributed by atoms with Crippen molar-refractivity contribution in [1.29, 1.82) is 0 Å². The molecule has 1 heterocycles. The van der Waals surface area contributed by atoms with Gasteiger partial charge in [0.1, 0.15) is 24.7 Å². The zero-order valence-corrected chi connectivity index (χ0v) is 10.7. The van der Waals surface area contributed by atoms with Gasteiger partial charge in [0.15, 0.2) is 11.6 Å². The molecule has 0 atom stereocenters. The van der Waals surface area contributed by atoms with Crippen LogP contribution in [0.15, 0.2) is 42.6 Å². The predicted octanol–water partition coefficient (Wildman–Crippen LogP) is 2.13. The summed E-state index contributed by atoms with van der Waals surface area (Å²) in [6, 6.07) is 10.9. The number of methoxy groups -OCH3 is 1. The number of nitrogens with two attached hydrogens (primary N) is 1. The van der Waals surface area contributed by atoms with Gasteiger partial charge in [-0.25, -0.2) is 4.98 Å². The largest absolute Gasteiger partial charge is 0.497 e. The number of pyridine rings is 1. The van der Waals surface area contributed by atoms with Crippen molar-refractivity contribution in [2.75, 3.05) is 26.1 Å². The maximum Gasteiger partial charge on any atom is 0.166 e. The van der Waals surface area contributed by atoms with E-state index in [-0.39, 0.29) is 0 Å². The van der Waals surface area contributed by atoms with Gasteiger partial charge in [-0.3, -0.25) is 0 Å². The number of hydrogen-bond acceptors (Lipinski definition) is 5. The molecule has 0 saturated heterocycles. The molecule has 0 fully saturated rings. The zero-order chi connectivity index (χ0) is 13.5. The monoisotopic (exact) mass is 260 g/mol. The van der Waals surface area contributed by atoms with E-state index in [1.54, 1.807) is 25.4 Å². The lowest BCUT2D eigenvalue weighted by Gasteiger charge is -2.09. The predicted molar refractivity (Wildman–Crippen MR) is 72.6 cm³/mol. The van der Waals surface area contributed by atoms with Gasteiger partial charge in [-0.2, -0.15) is 0 Å². The molecule has 0 aliphatic heterocycles. The normalized spacial score (nSPS) is 9.95. The van der Waals surface area contributed by atoms with Gasteiger partial charge in [0, 0.05) is 6.20 Å². The highest BCUT2D eigenvalue weighted by molar-refractivity contribution is 5.44. The Hall–Kier alpha value is -2.43. The Morgan fingerprint density at radius 2 is 1.68 bits per heavy atom. The first kappa shape index (κ1) is 13.0. The second-order valence-corrected chi connectivity index (χ2v) is 3.76. The Morgan fingerprint density at radius 3 is 2.37 bits per heavy atom. The summed E-state index contributed by atoms with van der Waals surface area (Å²) in [6.07, 6.45) is 1.62. The Labute approximate surface area is 111 Å². The van der Waals surface area contributed by atoms with Gasteiger partial charge in [-0.1, -0.05) is 0 Å². The Balaban J connectivity index is 1.76. The van der Waals surface area contributed by atoms with Crippen LogP contribution in [0.4, 0.5) is 5.82 Å². The number of rotatable bonds is 6. The first-order valence-electron chi connectivity index (χ1n) is 5.90. The van der Waals surface area contributed by atoms with E-state index < -0.39 is 0 Å². The standard InChI is InChI=1S/C14H16N2O3/c1-17-11-4-6-12(7-5-11)18-9-10-19-13-3-2-8-16-14(13)15/h2-8H,9-10H2,1H3,(H2,15,16). The number of hydrogen-bond donors (Lipinski definition) is 1. The number of nitrogen functional groups attached to an aromatic ring is 1. The van der Waals surface area contributed by atoms with E-state index in [4.69, 9.17) is 19.9 Å². The summed E-state index contributed by atoms with van der Waals surface area (Å²) in [4.78, 5) is 3.93. The summed E-state index contributed by atoms with van der Waals surface area (Å²) in [5.74, 6) is 2.52. The van der Waals surface area contributed by atoms with Crippen molar-refractivity contribution in [1.82, 2.24) is 4.98 Å². The van der Waals surface area contributed by atoms with Crippen molar-refractivity contribution in [3.05, 3.63) is 42.6 Å². The Morgan fingerprint density at radius 1 is 1.00 bits per heavy atom. The van der Waals surface area contributed by atoms with Crippen molar-refractivity contribution in [3.63, 3.8) is 0 Å². The lowest BCUT2D eigenvalue weighted by atomic mass is 10.3. The van der Waals surface area contributed by atoms with E-state index in [1.165, 1.54) is 0 Å². The summed E-state index contributed by atoms with van der Waals surface area (Å²) in [7, 11) is 1.63. The number of benzene rings is 1. The molecule has 5 nitrogen and oxygen atoms in total. The molecule has 0 spiro atoms. The minimum Gasteiger partial charge on any atom is -0.497 e. The minimum atomic E-state index is 0.381. The van der Waals surface area contributed by atoms with Crippen LogP contribution in [0.5, 0.6) is 17.2 Å². The summed E-state index contributed by atoms with van der Waals surface area (Å²) in [5.41, 5.74) is 5.66. The molecule has 0 bridgehead atoms. The maximum absolute atomic E-state index is 5.66. The van der Waals surface area contributed by atoms with E-state index >= 15 is 0 Å². The fourth-order valence-electron chi connectivity index (χ4n) is 1.51. The van der Waals surface area contributed by atoms with E-state index in [0.717, 1.165) is 11.5 Å². The number of ether oxygens (including phenoxy) is 3. The summed E-state index contributed by atoms with van der Waals surface area (Å²) < 4.78 is 16.1. The van der Waals surface area contributed by atoms with Crippen LogP contribution in [0.25, 0.3) is 0 Å². The van der Waals surface area contributed by atoms with Gasteiger partial charge >= 0.3 is 0 Å². The third kappa shape index (κ3) is 3.77. The molecule has 19 heavy (non-hydrogen) atoms. The van der Waals surface area contributed by atoms with Crippen LogP contribution in [-0.2, 0) is 0 Å². The van der Waals surface area contributed by atoms with Gasteiger partial charge in [0.2, 0.25) is 0 Å². The van der Waals surface area contributed by atoms with E-state index in [9.17, 15) is 0 Å². The maximum atomic E-state index is 5.66. The van der Waals surface area contributed by atoms with Gasteiger partial charge < -0.3 is 19.9 Å². The average molecular weight is 260 g/mol. The second kappa shape index (κ2) is 6.49.